The van der Waals surface area contributed by atoms with E-state index >= 15 is 0 Å². The molecule has 3 nitrogen and oxygen atoms in total. The zero-order valence-corrected chi connectivity index (χ0v) is 9.03. The monoisotopic (exact) mass is 215 g/mol. The normalized spacial score (nSPS) is 10.3. The van der Waals surface area contributed by atoms with Crippen molar-refractivity contribution in [2.45, 2.75) is 13.3 Å². The number of H-pyrrole nitrogens is 1. The van der Waals surface area contributed by atoms with Gasteiger partial charge in [0.15, 0.2) is 0 Å². The summed E-state index contributed by atoms with van der Waals surface area (Å²) in [6.45, 7) is 2.09. The van der Waals surface area contributed by atoms with Crippen LogP contribution < -0.4 is 0 Å². The summed E-state index contributed by atoms with van der Waals surface area (Å²) in [5.41, 5.74) is 3.14. The van der Waals surface area contributed by atoms with Crippen LogP contribution in [0.25, 0.3) is 11.1 Å². The zero-order valence-electron chi connectivity index (χ0n) is 9.03. The average molecular weight is 215 g/mol. The van der Waals surface area contributed by atoms with Gasteiger partial charge in [-0.2, -0.15) is 0 Å². The van der Waals surface area contributed by atoms with Crippen LogP contribution in [0.5, 0.6) is 0 Å². The van der Waals surface area contributed by atoms with Gasteiger partial charge in [-0.05, 0) is 23.6 Å². The van der Waals surface area contributed by atoms with Gasteiger partial charge in [0.2, 0.25) is 0 Å². The van der Waals surface area contributed by atoms with E-state index in [9.17, 15) is 4.79 Å². The second-order valence-electron chi connectivity index (χ2n) is 3.62. The Hall–Kier alpha value is -2.03. The minimum Gasteiger partial charge on any atom is -0.477 e. The second kappa shape index (κ2) is 4.23. The molecule has 1 aromatic carbocycles. The Morgan fingerprint density at radius 2 is 1.94 bits per heavy atom. The molecule has 0 aliphatic heterocycles. The minimum atomic E-state index is -0.931. The highest BCUT2D eigenvalue weighted by atomic mass is 16.4. The third-order valence-electron chi connectivity index (χ3n) is 2.63. The Morgan fingerprint density at radius 1 is 1.25 bits per heavy atom. The molecule has 0 atom stereocenters. The number of aromatic carboxylic acids is 1. The van der Waals surface area contributed by atoms with Gasteiger partial charge in [-0.3, -0.25) is 0 Å². The summed E-state index contributed by atoms with van der Waals surface area (Å²) in [6, 6.07) is 9.73. The SMILES string of the molecule is CCc1ccc(-c2cc[nH]c2C(=O)O)cc1. The van der Waals surface area contributed by atoms with Crippen LogP contribution >= 0.6 is 0 Å². The Morgan fingerprint density at radius 3 is 2.50 bits per heavy atom. The molecule has 0 amide bonds. The molecule has 0 bridgehead atoms. The van der Waals surface area contributed by atoms with Crippen LogP contribution in [0.15, 0.2) is 36.5 Å². The first-order valence-electron chi connectivity index (χ1n) is 5.22. The van der Waals surface area contributed by atoms with E-state index in [1.165, 1.54) is 5.56 Å². The highest BCUT2D eigenvalue weighted by Gasteiger charge is 2.12. The number of aromatic amines is 1. The Balaban J connectivity index is 2.42. The van der Waals surface area contributed by atoms with Gasteiger partial charge in [-0.15, -0.1) is 0 Å². The molecule has 0 unspecified atom stereocenters. The molecule has 3 heteroatoms. The van der Waals surface area contributed by atoms with E-state index in [2.05, 4.69) is 11.9 Å². The number of aryl methyl sites for hydroxylation is 1. The van der Waals surface area contributed by atoms with E-state index in [0.717, 1.165) is 17.5 Å². The predicted molar refractivity (Wildman–Crippen MR) is 62.6 cm³/mol. The van der Waals surface area contributed by atoms with Crippen LogP contribution in [0.2, 0.25) is 0 Å². The molecule has 16 heavy (non-hydrogen) atoms. The lowest BCUT2D eigenvalue weighted by Crippen LogP contribution is -1.98. The average Bonchev–Trinajstić information content (AvgIpc) is 2.78. The van der Waals surface area contributed by atoms with Crippen molar-refractivity contribution in [2.75, 3.05) is 0 Å². The van der Waals surface area contributed by atoms with Gasteiger partial charge in [-0.1, -0.05) is 31.2 Å². The molecule has 1 heterocycles. The fourth-order valence-corrected chi connectivity index (χ4v) is 1.71. The van der Waals surface area contributed by atoms with Crippen molar-refractivity contribution in [2.24, 2.45) is 0 Å². The fourth-order valence-electron chi connectivity index (χ4n) is 1.71. The Bertz CT molecular complexity index is 497. The molecule has 0 spiro atoms. The number of hydrogen-bond donors (Lipinski definition) is 2. The van der Waals surface area contributed by atoms with E-state index in [4.69, 9.17) is 5.11 Å². The van der Waals surface area contributed by atoms with E-state index in [0.29, 0.717) is 0 Å². The van der Waals surface area contributed by atoms with Crippen molar-refractivity contribution < 1.29 is 9.90 Å². The maximum Gasteiger partial charge on any atom is 0.352 e. The van der Waals surface area contributed by atoms with Gasteiger partial charge < -0.3 is 10.1 Å². The van der Waals surface area contributed by atoms with Crippen molar-refractivity contribution in [1.82, 2.24) is 4.98 Å². The van der Waals surface area contributed by atoms with Crippen molar-refractivity contribution in [1.29, 1.82) is 0 Å². The number of benzene rings is 1. The van der Waals surface area contributed by atoms with Crippen LogP contribution in [0.4, 0.5) is 0 Å². The van der Waals surface area contributed by atoms with E-state index in [-0.39, 0.29) is 5.69 Å². The summed E-state index contributed by atoms with van der Waals surface area (Å²) in [6.07, 6.45) is 2.63. The quantitative estimate of drug-likeness (QED) is 0.827. The van der Waals surface area contributed by atoms with Crippen molar-refractivity contribution in [3.05, 3.63) is 47.8 Å². The second-order valence-corrected chi connectivity index (χ2v) is 3.62. The summed E-state index contributed by atoms with van der Waals surface area (Å²) in [4.78, 5) is 13.7. The van der Waals surface area contributed by atoms with E-state index in [1.807, 2.05) is 24.3 Å². The first kappa shape index (κ1) is 10.5. The summed E-state index contributed by atoms with van der Waals surface area (Å²) in [5, 5.41) is 8.99. The van der Waals surface area contributed by atoms with Gasteiger partial charge in [0.1, 0.15) is 5.69 Å². The van der Waals surface area contributed by atoms with E-state index < -0.39 is 5.97 Å². The molecule has 2 rings (SSSR count). The molecule has 1 aromatic heterocycles. The van der Waals surface area contributed by atoms with E-state index in [1.54, 1.807) is 12.3 Å². The fraction of sp³-hybridized carbons (Fsp3) is 0.154. The van der Waals surface area contributed by atoms with Gasteiger partial charge in [0, 0.05) is 11.8 Å². The van der Waals surface area contributed by atoms with Crippen LogP contribution in [-0.2, 0) is 6.42 Å². The lowest BCUT2D eigenvalue weighted by Gasteiger charge is -2.02. The third-order valence-corrected chi connectivity index (χ3v) is 2.63. The summed E-state index contributed by atoms with van der Waals surface area (Å²) < 4.78 is 0. The van der Waals surface area contributed by atoms with Crippen LogP contribution in [-0.4, -0.2) is 16.1 Å². The molecular formula is C13H13NO2. The van der Waals surface area contributed by atoms with Crippen molar-refractivity contribution >= 4 is 5.97 Å². The largest absolute Gasteiger partial charge is 0.477 e. The molecular weight excluding hydrogens is 202 g/mol. The highest BCUT2D eigenvalue weighted by molar-refractivity contribution is 5.94. The van der Waals surface area contributed by atoms with Crippen molar-refractivity contribution in [3.63, 3.8) is 0 Å². The van der Waals surface area contributed by atoms with Gasteiger partial charge >= 0.3 is 5.97 Å². The smallest absolute Gasteiger partial charge is 0.352 e. The molecule has 0 fully saturated rings. The Kier molecular flexibility index (Phi) is 2.77. The number of aromatic nitrogens is 1. The standard InChI is InChI=1S/C13H13NO2/c1-2-9-3-5-10(6-4-9)11-7-8-14-12(11)13(15)16/h3-8,14H,2H2,1H3,(H,15,16). The number of nitrogens with one attached hydrogen (secondary N) is 1. The minimum absolute atomic E-state index is 0.240. The van der Waals surface area contributed by atoms with Gasteiger partial charge in [0.25, 0.3) is 0 Å². The predicted octanol–water partition coefficient (Wildman–Crippen LogP) is 2.94. The molecule has 0 aliphatic rings. The molecule has 0 aliphatic carbocycles. The molecule has 82 valence electrons. The maximum absolute atomic E-state index is 10.9. The highest BCUT2D eigenvalue weighted by Crippen LogP contribution is 2.23. The summed E-state index contributed by atoms with van der Waals surface area (Å²) in [7, 11) is 0. The Labute approximate surface area is 93.7 Å². The topological polar surface area (TPSA) is 53.1 Å². The third kappa shape index (κ3) is 1.84. The molecule has 0 radical (unpaired) electrons. The van der Waals surface area contributed by atoms with Crippen LogP contribution in [0, 0.1) is 0 Å². The summed E-state index contributed by atoms with van der Waals surface area (Å²) in [5.74, 6) is -0.931. The first-order valence-corrected chi connectivity index (χ1v) is 5.22. The molecule has 2 aromatic rings. The maximum atomic E-state index is 10.9. The number of carboxylic acids is 1. The zero-order chi connectivity index (χ0) is 11.5. The molecule has 0 saturated heterocycles. The van der Waals surface area contributed by atoms with Gasteiger partial charge in [-0.25, -0.2) is 4.79 Å². The number of rotatable bonds is 3. The number of carboxylic acid groups (broad SMARTS) is 1. The first-order chi connectivity index (χ1) is 7.72. The van der Waals surface area contributed by atoms with Crippen LogP contribution in [0.1, 0.15) is 23.0 Å². The summed E-state index contributed by atoms with van der Waals surface area (Å²) >= 11 is 0. The number of hydrogen-bond acceptors (Lipinski definition) is 1. The van der Waals surface area contributed by atoms with Crippen molar-refractivity contribution in [3.8, 4) is 11.1 Å². The van der Waals surface area contributed by atoms with Gasteiger partial charge in [0.05, 0.1) is 0 Å². The lowest BCUT2D eigenvalue weighted by atomic mass is 10.0. The number of carbonyl (C=O) groups is 1. The molecule has 0 saturated carbocycles. The van der Waals surface area contributed by atoms with Crippen LogP contribution in [0.3, 0.4) is 0 Å². The molecule has 2 N–H and O–H groups in total. The lowest BCUT2D eigenvalue weighted by molar-refractivity contribution is 0.0692.